The van der Waals surface area contributed by atoms with Gasteiger partial charge in [-0.05, 0) is 50.2 Å². The van der Waals surface area contributed by atoms with Crippen LogP contribution in [0.1, 0.15) is 34.7 Å². The molecule has 7 nitrogen and oxygen atoms in total. The van der Waals surface area contributed by atoms with Gasteiger partial charge in [0, 0.05) is 38.2 Å². The summed E-state index contributed by atoms with van der Waals surface area (Å²) in [6.07, 6.45) is 0.679. The Morgan fingerprint density at radius 3 is 2.62 bits per heavy atom. The number of hydrazone groups is 1. The molecule has 0 aliphatic carbocycles. The first-order chi connectivity index (χ1) is 15.5. The highest BCUT2D eigenvalue weighted by molar-refractivity contribution is 6.04. The van der Waals surface area contributed by atoms with E-state index in [-0.39, 0.29) is 18.7 Å². The highest BCUT2D eigenvalue weighted by Gasteiger charge is 2.35. The number of hydrogen-bond acceptors (Lipinski definition) is 6. The number of aryl methyl sites for hydroxylation is 2. The summed E-state index contributed by atoms with van der Waals surface area (Å²) in [7, 11) is 2.12. The van der Waals surface area contributed by atoms with Crippen molar-refractivity contribution in [2.75, 3.05) is 46.6 Å². The zero-order valence-corrected chi connectivity index (χ0v) is 19.0. The second-order valence-electron chi connectivity index (χ2n) is 9.02. The summed E-state index contributed by atoms with van der Waals surface area (Å²) in [4.78, 5) is 18.0. The molecule has 3 heterocycles. The number of hydrogen-bond donors (Lipinski definition) is 0. The van der Waals surface area contributed by atoms with Gasteiger partial charge in [0.1, 0.15) is 0 Å². The maximum atomic E-state index is 13.4. The molecule has 1 amide bonds. The zero-order valence-electron chi connectivity index (χ0n) is 19.0. The molecule has 0 saturated carbocycles. The van der Waals surface area contributed by atoms with Crippen LogP contribution < -0.4 is 9.47 Å². The van der Waals surface area contributed by atoms with Gasteiger partial charge in [0.2, 0.25) is 6.79 Å². The number of ether oxygens (including phenoxy) is 2. The zero-order chi connectivity index (χ0) is 22.2. The molecule has 1 saturated heterocycles. The first-order valence-electron chi connectivity index (χ1n) is 11.3. The van der Waals surface area contributed by atoms with E-state index in [1.54, 1.807) is 5.01 Å². The lowest BCUT2D eigenvalue weighted by molar-refractivity contribution is -0.134. The average Bonchev–Trinajstić information content (AvgIpc) is 3.43. The standard InChI is InChI=1S/C25H30N4O3/c1-17-4-5-18(2)20(12-17)21-14-22(19-6-7-23-24(13-19)32-16-31-23)29(26-21)25(30)15-28-10-8-27(3)9-11-28/h4-7,12-13,22H,8-11,14-16H2,1-3H3. The van der Waals surface area contributed by atoms with Crippen molar-refractivity contribution in [3.05, 3.63) is 58.7 Å². The van der Waals surface area contributed by atoms with E-state index < -0.39 is 0 Å². The van der Waals surface area contributed by atoms with Gasteiger partial charge in [-0.3, -0.25) is 9.69 Å². The number of benzene rings is 2. The third kappa shape index (κ3) is 4.10. The van der Waals surface area contributed by atoms with E-state index in [1.165, 1.54) is 11.1 Å². The van der Waals surface area contributed by atoms with E-state index >= 15 is 0 Å². The molecule has 2 aromatic rings. The Morgan fingerprint density at radius 1 is 1.03 bits per heavy atom. The van der Waals surface area contributed by atoms with Gasteiger partial charge in [-0.2, -0.15) is 5.10 Å². The SMILES string of the molecule is Cc1ccc(C)c(C2=NN(C(=O)CN3CCN(C)CC3)C(c3ccc4c(c3)OCO4)C2)c1. The number of rotatable bonds is 4. The van der Waals surface area contributed by atoms with E-state index in [2.05, 4.69) is 48.9 Å². The van der Waals surface area contributed by atoms with Gasteiger partial charge in [-0.15, -0.1) is 0 Å². The van der Waals surface area contributed by atoms with Crippen molar-refractivity contribution in [3.63, 3.8) is 0 Å². The highest BCUT2D eigenvalue weighted by atomic mass is 16.7. The molecule has 0 radical (unpaired) electrons. The topological polar surface area (TPSA) is 57.6 Å². The molecule has 0 N–H and O–H groups in total. The molecule has 1 fully saturated rings. The van der Waals surface area contributed by atoms with Gasteiger partial charge in [-0.1, -0.05) is 23.8 Å². The summed E-state index contributed by atoms with van der Waals surface area (Å²) >= 11 is 0. The maximum absolute atomic E-state index is 13.4. The van der Waals surface area contributed by atoms with E-state index in [4.69, 9.17) is 14.6 Å². The fourth-order valence-electron chi connectivity index (χ4n) is 4.60. The minimum Gasteiger partial charge on any atom is -0.454 e. The average molecular weight is 435 g/mol. The maximum Gasteiger partial charge on any atom is 0.257 e. The number of likely N-dealkylation sites (N-methyl/N-ethyl adjacent to an activating group) is 1. The predicted octanol–water partition coefficient (Wildman–Crippen LogP) is 2.96. The van der Waals surface area contributed by atoms with Gasteiger partial charge in [0.15, 0.2) is 11.5 Å². The second kappa shape index (κ2) is 8.56. The van der Waals surface area contributed by atoms with Crippen molar-refractivity contribution in [2.45, 2.75) is 26.3 Å². The summed E-state index contributed by atoms with van der Waals surface area (Å²) in [5.41, 5.74) is 5.46. The van der Waals surface area contributed by atoms with Crippen LogP contribution in [0.4, 0.5) is 0 Å². The number of piperazine rings is 1. The fraction of sp³-hybridized carbons (Fsp3) is 0.440. The third-order valence-corrected chi connectivity index (χ3v) is 6.61. The lowest BCUT2D eigenvalue weighted by Gasteiger charge is -2.33. The molecule has 0 spiro atoms. The molecule has 32 heavy (non-hydrogen) atoms. The van der Waals surface area contributed by atoms with Gasteiger partial charge in [0.05, 0.1) is 18.3 Å². The quantitative estimate of drug-likeness (QED) is 0.741. The summed E-state index contributed by atoms with van der Waals surface area (Å²) in [6, 6.07) is 12.2. The Bertz CT molecular complexity index is 1060. The number of fused-ring (bicyclic) bond motifs is 1. The smallest absolute Gasteiger partial charge is 0.257 e. The minimum atomic E-state index is -0.153. The molecule has 5 rings (SSSR count). The van der Waals surface area contributed by atoms with Crippen molar-refractivity contribution in [1.29, 1.82) is 0 Å². The Balaban J connectivity index is 1.44. The molecule has 7 heteroatoms. The van der Waals surface area contributed by atoms with Crippen LogP contribution in [-0.2, 0) is 4.79 Å². The molecule has 1 atom stereocenters. The van der Waals surface area contributed by atoms with Crippen LogP contribution in [0.5, 0.6) is 11.5 Å². The molecular weight excluding hydrogens is 404 g/mol. The Hall–Kier alpha value is -2.90. The summed E-state index contributed by atoms with van der Waals surface area (Å²) in [5, 5.41) is 6.58. The van der Waals surface area contributed by atoms with Crippen LogP contribution >= 0.6 is 0 Å². The molecule has 168 valence electrons. The highest BCUT2D eigenvalue weighted by Crippen LogP contribution is 2.39. The van der Waals surface area contributed by atoms with E-state index in [9.17, 15) is 4.79 Å². The molecule has 3 aliphatic heterocycles. The van der Waals surface area contributed by atoms with Crippen LogP contribution in [0.3, 0.4) is 0 Å². The summed E-state index contributed by atoms with van der Waals surface area (Å²) < 4.78 is 11.1. The molecule has 2 aromatic carbocycles. The first kappa shape index (κ1) is 21.0. The van der Waals surface area contributed by atoms with Crippen molar-refractivity contribution in [3.8, 4) is 11.5 Å². The number of carbonyl (C=O) groups excluding carboxylic acids is 1. The predicted molar refractivity (Wildman–Crippen MR) is 123 cm³/mol. The molecule has 3 aliphatic rings. The van der Waals surface area contributed by atoms with Crippen LogP contribution in [0.25, 0.3) is 0 Å². The van der Waals surface area contributed by atoms with E-state index in [0.29, 0.717) is 13.0 Å². The van der Waals surface area contributed by atoms with Crippen molar-refractivity contribution in [1.82, 2.24) is 14.8 Å². The summed E-state index contributed by atoms with van der Waals surface area (Å²) in [5.74, 6) is 1.52. The fourth-order valence-corrected chi connectivity index (χ4v) is 4.60. The lowest BCUT2D eigenvalue weighted by atomic mass is 9.95. The van der Waals surface area contributed by atoms with Crippen LogP contribution in [0, 0.1) is 13.8 Å². The van der Waals surface area contributed by atoms with Crippen molar-refractivity contribution >= 4 is 11.6 Å². The van der Waals surface area contributed by atoms with Crippen LogP contribution in [-0.4, -0.2) is 73.0 Å². The van der Waals surface area contributed by atoms with Gasteiger partial charge >= 0.3 is 0 Å². The molecule has 0 aromatic heterocycles. The third-order valence-electron chi connectivity index (χ3n) is 6.61. The number of carbonyl (C=O) groups is 1. The molecular formula is C25H30N4O3. The molecule has 0 bridgehead atoms. The summed E-state index contributed by atoms with van der Waals surface area (Å²) in [6.45, 7) is 8.58. The Labute approximate surface area is 189 Å². The number of nitrogens with zero attached hydrogens (tertiary/aromatic N) is 4. The van der Waals surface area contributed by atoms with E-state index in [1.807, 2.05) is 18.2 Å². The van der Waals surface area contributed by atoms with Gasteiger partial charge < -0.3 is 14.4 Å². The van der Waals surface area contributed by atoms with Crippen molar-refractivity contribution < 1.29 is 14.3 Å². The van der Waals surface area contributed by atoms with E-state index in [0.717, 1.165) is 54.5 Å². The van der Waals surface area contributed by atoms with Gasteiger partial charge in [-0.25, -0.2) is 5.01 Å². The number of amides is 1. The second-order valence-corrected chi connectivity index (χ2v) is 9.02. The Kier molecular flexibility index (Phi) is 5.61. The minimum absolute atomic E-state index is 0.0394. The molecule has 1 unspecified atom stereocenters. The van der Waals surface area contributed by atoms with Crippen LogP contribution in [0.15, 0.2) is 41.5 Å². The Morgan fingerprint density at radius 2 is 1.81 bits per heavy atom. The normalized spacial score (nSPS) is 21.2. The monoisotopic (exact) mass is 434 g/mol. The van der Waals surface area contributed by atoms with Crippen LogP contribution in [0.2, 0.25) is 0 Å². The largest absolute Gasteiger partial charge is 0.454 e. The van der Waals surface area contributed by atoms with Gasteiger partial charge in [0.25, 0.3) is 5.91 Å². The lowest BCUT2D eigenvalue weighted by Crippen LogP contribution is -2.48. The first-order valence-corrected chi connectivity index (χ1v) is 11.3. The van der Waals surface area contributed by atoms with Crippen molar-refractivity contribution in [2.24, 2.45) is 5.10 Å².